The van der Waals surface area contributed by atoms with Gasteiger partial charge in [-0.3, -0.25) is 4.98 Å². The molecule has 0 spiro atoms. The van der Waals surface area contributed by atoms with E-state index in [4.69, 9.17) is 0 Å². The predicted molar refractivity (Wildman–Crippen MR) is 84.4 cm³/mol. The summed E-state index contributed by atoms with van der Waals surface area (Å²) in [5, 5.41) is 4.35. The first-order chi connectivity index (χ1) is 12.4. The SMILES string of the molecule is Fc1ccc(-c2cnc3ccc(-c4cncc(C(F)(F)F)c4)nn23)cn1. The van der Waals surface area contributed by atoms with Crippen LogP contribution in [0.5, 0.6) is 0 Å². The van der Waals surface area contributed by atoms with Crippen LogP contribution in [-0.2, 0) is 6.18 Å². The van der Waals surface area contributed by atoms with E-state index in [-0.39, 0.29) is 5.56 Å². The summed E-state index contributed by atoms with van der Waals surface area (Å²) in [7, 11) is 0. The second-order valence-electron chi connectivity index (χ2n) is 5.46. The van der Waals surface area contributed by atoms with E-state index in [0.717, 1.165) is 12.3 Å². The molecular formula is C17H9F4N5. The Balaban J connectivity index is 1.83. The van der Waals surface area contributed by atoms with E-state index in [2.05, 4.69) is 20.1 Å². The maximum atomic E-state index is 13.0. The molecule has 0 N–H and O–H groups in total. The van der Waals surface area contributed by atoms with Crippen LogP contribution in [0.15, 0.2) is 55.1 Å². The number of imidazole rings is 1. The lowest BCUT2D eigenvalue weighted by atomic mass is 10.1. The summed E-state index contributed by atoms with van der Waals surface area (Å²) in [5.74, 6) is -0.619. The molecule has 4 aromatic heterocycles. The number of aromatic nitrogens is 5. The van der Waals surface area contributed by atoms with Crippen LogP contribution < -0.4 is 0 Å². The molecule has 4 heterocycles. The van der Waals surface area contributed by atoms with Crippen LogP contribution >= 0.6 is 0 Å². The van der Waals surface area contributed by atoms with Gasteiger partial charge in [-0.15, -0.1) is 0 Å². The van der Waals surface area contributed by atoms with Crippen molar-refractivity contribution in [2.24, 2.45) is 0 Å². The molecular weight excluding hydrogens is 350 g/mol. The van der Waals surface area contributed by atoms with Gasteiger partial charge in [0.25, 0.3) is 0 Å². The number of rotatable bonds is 2. The number of hydrogen-bond acceptors (Lipinski definition) is 4. The van der Waals surface area contributed by atoms with Crippen molar-refractivity contribution in [3.63, 3.8) is 0 Å². The lowest BCUT2D eigenvalue weighted by molar-refractivity contribution is -0.137. The van der Waals surface area contributed by atoms with Crippen molar-refractivity contribution in [3.8, 4) is 22.5 Å². The average molecular weight is 359 g/mol. The molecule has 0 unspecified atom stereocenters. The van der Waals surface area contributed by atoms with Crippen molar-refractivity contribution in [3.05, 3.63) is 66.6 Å². The third-order valence-corrected chi connectivity index (χ3v) is 3.75. The summed E-state index contributed by atoms with van der Waals surface area (Å²) >= 11 is 0. The van der Waals surface area contributed by atoms with E-state index >= 15 is 0 Å². The fraction of sp³-hybridized carbons (Fsp3) is 0.0588. The van der Waals surface area contributed by atoms with Crippen LogP contribution in [0.2, 0.25) is 0 Å². The summed E-state index contributed by atoms with van der Waals surface area (Å²) in [6.45, 7) is 0. The maximum absolute atomic E-state index is 13.0. The Morgan fingerprint density at radius 1 is 0.846 bits per heavy atom. The molecule has 0 amide bonds. The van der Waals surface area contributed by atoms with Crippen LogP contribution in [0, 0.1) is 5.95 Å². The Bertz CT molecular complexity index is 1090. The number of halogens is 4. The van der Waals surface area contributed by atoms with Crippen LogP contribution in [0.25, 0.3) is 28.2 Å². The first-order valence-corrected chi connectivity index (χ1v) is 7.41. The van der Waals surface area contributed by atoms with Crippen LogP contribution in [0.4, 0.5) is 17.6 Å². The minimum atomic E-state index is -4.49. The number of hydrogen-bond donors (Lipinski definition) is 0. The third kappa shape index (κ3) is 2.87. The van der Waals surface area contributed by atoms with Crippen molar-refractivity contribution < 1.29 is 17.6 Å². The van der Waals surface area contributed by atoms with E-state index in [0.29, 0.717) is 22.6 Å². The molecule has 0 fully saturated rings. The summed E-state index contributed by atoms with van der Waals surface area (Å²) in [4.78, 5) is 11.4. The summed E-state index contributed by atoms with van der Waals surface area (Å²) in [6.07, 6.45) is 0.436. The zero-order chi connectivity index (χ0) is 18.3. The molecule has 0 aliphatic carbocycles. The van der Waals surface area contributed by atoms with Crippen molar-refractivity contribution >= 4 is 5.65 Å². The standard InChI is InChI=1S/C17H9F4N5/c18-15-3-1-10(7-23-15)14-9-24-16-4-2-13(25-26(14)16)11-5-12(8-22-6-11)17(19,20)21/h1-9H. The topological polar surface area (TPSA) is 56.0 Å². The summed E-state index contributed by atoms with van der Waals surface area (Å²) in [5.41, 5.74) is 1.27. The molecule has 0 aliphatic rings. The number of nitrogens with zero attached hydrogens (tertiary/aromatic N) is 5. The zero-order valence-corrected chi connectivity index (χ0v) is 12.9. The Morgan fingerprint density at radius 2 is 1.69 bits per heavy atom. The molecule has 0 radical (unpaired) electrons. The Morgan fingerprint density at radius 3 is 2.42 bits per heavy atom. The minimum Gasteiger partial charge on any atom is -0.263 e. The molecule has 9 heteroatoms. The van der Waals surface area contributed by atoms with E-state index in [1.165, 1.54) is 35.2 Å². The summed E-state index contributed by atoms with van der Waals surface area (Å²) in [6, 6.07) is 6.90. The second-order valence-corrected chi connectivity index (χ2v) is 5.46. The fourth-order valence-corrected chi connectivity index (χ4v) is 2.49. The first-order valence-electron chi connectivity index (χ1n) is 7.41. The Hall–Kier alpha value is -3.36. The number of fused-ring (bicyclic) bond motifs is 1. The highest BCUT2D eigenvalue weighted by molar-refractivity contribution is 5.65. The Kier molecular flexibility index (Phi) is 3.64. The first kappa shape index (κ1) is 16.1. The second kappa shape index (κ2) is 5.87. The highest BCUT2D eigenvalue weighted by Gasteiger charge is 2.31. The molecule has 4 aromatic rings. The molecule has 0 bridgehead atoms. The molecule has 4 rings (SSSR count). The van der Waals surface area contributed by atoms with Gasteiger partial charge in [0.15, 0.2) is 5.65 Å². The Labute approximate surface area is 144 Å². The van der Waals surface area contributed by atoms with E-state index in [1.54, 1.807) is 12.1 Å². The normalized spacial score (nSPS) is 11.8. The van der Waals surface area contributed by atoms with Gasteiger partial charge in [-0.1, -0.05) is 0 Å². The van der Waals surface area contributed by atoms with Gasteiger partial charge in [0.2, 0.25) is 5.95 Å². The third-order valence-electron chi connectivity index (χ3n) is 3.75. The van der Waals surface area contributed by atoms with Crippen LogP contribution in [-0.4, -0.2) is 24.6 Å². The molecule has 0 saturated heterocycles. The molecule has 0 atom stereocenters. The van der Waals surface area contributed by atoms with E-state index < -0.39 is 17.7 Å². The van der Waals surface area contributed by atoms with Crippen molar-refractivity contribution in [2.75, 3.05) is 0 Å². The number of alkyl halides is 3. The zero-order valence-electron chi connectivity index (χ0n) is 12.9. The van der Waals surface area contributed by atoms with Crippen molar-refractivity contribution in [2.45, 2.75) is 6.18 Å². The molecule has 0 aliphatic heterocycles. The van der Waals surface area contributed by atoms with Crippen LogP contribution in [0.1, 0.15) is 5.56 Å². The molecule has 26 heavy (non-hydrogen) atoms. The van der Waals surface area contributed by atoms with Gasteiger partial charge in [-0.25, -0.2) is 14.5 Å². The van der Waals surface area contributed by atoms with Crippen molar-refractivity contribution in [1.29, 1.82) is 0 Å². The highest BCUT2D eigenvalue weighted by atomic mass is 19.4. The maximum Gasteiger partial charge on any atom is 0.417 e. The summed E-state index contributed by atoms with van der Waals surface area (Å²) < 4.78 is 53.2. The van der Waals surface area contributed by atoms with Gasteiger partial charge in [0.05, 0.1) is 23.1 Å². The van der Waals surface area contributed by atoms with E-state index in [9.17, 15) is 17.6 Å². The minimum absolute atomic E-state index is 0.221. The van der Waals surface area contributed by atoms with Gasteiger partial charge in [0, 0.05) is 29.7 Å². The highest BCUT2D eigenvalue weighted by Crippen LogP contribution is 2.31. The van der Waals surface area contributed by atoms with Gasteiger partial charge < -0.3 is 0 Å². The van der Waals surface area contributed by atoms with Gasteiger partial charge in [-0.2, -0.15) is 22.7 Å². The molecule has 130 valence electrons. The lowest BCUT2D eigenvalue weighted by Gasteiger charge is -2.08. The molecule has 5 nitrogen and oxygen atoms in total. The van der Waals surface area contributed by atoms with Gasteiger partial charge >= 0.3 is 6.18 Å². The van der Waals surface area contributed by atoms with Gasteiger partial charge in [0.1, 0.15) is 0 Å². The van der Waals surface area contributed by atoms with Crippen molar-refractivity contribution in [1.82, 2.24) is 24.6 Å². The smallest absolute Gasteiger partial charge is 0.263 e. The lowest BCUT2D eigenvalue weighted by Crippen LogP contribution is -2.06. The molecule has 0 saturated carbocycles. The fourth-order valence-electron chi connectivity index (χ4n) is 2.49. The largest absolute Gasteiger partial charge is 0.417 e. The quantitative estimate of drug-likeness (QED) is 0.401. The monoisotopic (exact) mass is 359 g/mol. The average Bonchev–Trinajstić information content (AvgIpc) is 3.05. The predicted octanol–water partition coefficient (Wildman–Crippen LogP) is 4.01. The molecule has 0 aromatic carbocycles. The van der Waals surface area contributed by atoms with E-state index in [1.807, 2.05) is 0 Å². The van der Waals surface area contributed by atoms with Crippen LogP contribution in [0.3, 0.4) is 0 Å². The van der Waals surface area contributed by atoms with Gasteiger partial charge in [-0.05, 0) is 30.3 Å². The number of pyridine rings is 2.